The highest BCUT2D eigenvalue weighted by Crippen LogP contribution is 2.48. The Kier molecular flexibility index (Phi) is 19.4. The van der Waals surface area contributed by atoms with Gasteiger partial charge >= 0.3 is 0 Å². The van der Waals surface area contributed by atoms with Crippen LogP contribution in [0.25, 0.3) is 0 Å². The van der Waals surface area contributed by atoms with Crippen LogP contribution < -0.4 is 31.9 Å². The highest BCUT2D eigenvalue weighted by atomic mass is 32.2. The molecule has 4 fully saturated rings. The zero-order valence-electron chi connectivity index (χ0n) is 43.4. The van der Waals surface area contributed by atoms with Crippen molar-refractivity contribution < 1.29 is 33.4 Å². The Hall–Kier alpha value is -4.64. The summed E-state index contributed by atoms with van der Waals surface area (Å²) in [6.45, 7) is 13.3. The first-order valence-electron chi connectivity index (χ1n) is 25.5. The summed E-state index contributed by atoms with van der Waals surface area (Å²) in [4.78, 5) is 74.2. The van der Waals surface area contributed by atoms with E-state index < -0.39 is 53.1 Å². The molecule has 6 N–H and O–H groups in total. The van der Waals surface area contributed by atoms with Crippen LogP contribution in [0, 0.1) is 10.8 Å². The molecule has 7 rings (SSSR count). The fourth-order valence-corrected chi connectivity index (χ4v) is 13.6. The normalized spacial score (nSPS) is 25.0. The van der Waals surface area contributed by atoms with Gasteiger partial charge in [0.2, 0.25) is 29.5 Å². The SMILES string of the molecule is CN[C@@H](C)C(=O)N[C@H]1CCS[C@H]2CC(C)(C)[C@@H](C(=O)N[C@H](COCCCn3cc(COC[C@@H](NC(=O)[C@H]4N5C(=O)[C@@H](NC(=S)[C@H](C)NC)CCS[C@H]5CC4(C)C)c4ccccc4)nn3)c3ccccc3)N2C1=O. The van der Waals surface area contributed by atoms with Gasteiger partial charge in [-0.25, -0.2) is 0 Å². The lowest BCUT2D eigenvalue weighted by Gasteiger charge is -2.35. The molecule has 0 saturated carbocycles. The smallest absolute Gasteiger partial charge is 0.246 e. The number of carbonyl (C=O) groups is 5. The van der Waals surface area contributed by atoms with Crippen molar-refractivity contribution in [1.82, 2.24) is 56.7 Å². The summed E-state index contributed by atoms with van der Waals surface area (Å²) < 4.78 is 14.2. The van der Waals surface area contributed by atoms with Gasteiger partial charge < -0.3 is 51.2 Å². The number of thioether (sulfide) groups is 2. The molecular weight excluding hydrogens is 987 g/mol. The van der Waals surface area contributed by atoms with Crippen molar-refractivity contribution in [3.63, 3.8) is 0 Å². The number of aryl methyl sites for hydroxylation is 1. The summed E-state index contributed by atoms with van der Waals surface area (Å²) in [5.74, 6) is 0.378. The second-order valence-corrected chi connectivity index (χ2v) is 23.9. The third-order valence-electron chi connectivity index (χ3n) is 14.5. The van der Waals surface area contributed by atoms with Crippen LogP contribution in [0.2, 0.25) is 0 Å². The molecule has 0 unspecified atom stereocenters. The number of hydrogen-bond acceptors (Lipinski definition) is 14. The van der Waals surface area contributed by atoms with Crippen LogP contribution in [0.3, 0.4) is 0 Å². The largest absolute Gasteiger partial charge is 0.379 e. The second kappa shape index (κ2) is 25.3. The number of amides is 5. The van der Waals surface area contributed by atoms with E-state index in [-0.39, 0.29) is 66.1 Å². The van der Waals surface area contributed by atoms with E-state index in [0.29, 0.717) is 61.7 Å². The predicted octanol–water partition coefficient (Wildman–Crippen LogP) is 4.08. The number of hydrogen-bond donors (Lipinski definition) is 6. The number of benzene rings is 2. The van der Waals surface area contributed by atoms with Crippen molar-refractivity contribution >= 4 is 70.3 Å². The molecule has 0 radical (unpaired) electrons. The predicted molar refractivity (Wildman–Crippen MR) is 288 cm³/mol. The second-order valence-electron chi connectivity index (χ2n) is 20.9. The molecule has 73 heavy (non-hydrogen) atoms. The van der Waals surface area contributed by atoms with E-state index in [9.17, 15) is 24.0 Å². The number of thiocarbonyl (C=S) groups is 1. The maximum atomic E-state index is 14.5. The first kappa shape index (κ1) is 56.1. The number of aromatic nitrogens is 3. The molecule has 4 aliphatic rings. The number of nitrogens with zero attached hydrogens (tertiary/aromatic N) is 5. The highest BCUT2D eigenvalue weighted by molar-refractivity contribution is 8.00. The standard InChI is InChI=1S/C52H75N11O7S3/c1-32(53-7)45(64)55-37-20-24-72-41-26-51(3,4)43(62(41)49(37)67)46(65)56-39(34-16-11-9-12-17-34)30-69-23-15-22-61-28-36(59-60-61)29-70-31-40(35-18-13-10-14-19-35)57-47(66)44-52(5,6)27-42-63(44)50(68)38(21-25-73-42)58-48(71)33(2)54-8/h9-14,16-19,28,32-33,37-44,53-54H,15,20-27,29-31H2,1-8H3,(H,55,64)(H,56,65)(H,57,66)(H,58,71)/t32-,33-,37-,38-,39+,40+,41-,42-,43+,44+/m0/s1. The molecule has 4 saturated heterocycles. The molecular formula is C52H75N11O7S3. The fourth-order valence-electron chi connectivity index (χ4n) is 10.2. The fraction of sp³-hybridized carbons (Fsp3) is 0.615. The summed E-state index contributed by atoms with van der Waals surface area (Å²) in [5, 5.41) is 27.2. The van der Waals surface area contributed by atoms with Crippen LogP contribution in [0.4, 0.5) is 0 Å². The molecule has 18 nitrogen and oxygen atoms in total. The topological polar surface area (TPSA) is 213 Å². The maximum Gasteiger partial charge on any atom is 0.246 e. The third kappa shape index (κ3) is 13.8. The lowest BCUT2D eigenvalue weighted by molar-refractivity contribution is -0.144. The molecule has 10 atom stereocenters. The number of ether oxygens (including phenoxy) is 2. The minimum atomic E-state index is -0.742. The van der Waals surface area contributed by atoms with Gasteiger partial charge in [-0.15, -0.1) is 28.6 Å². The Morgan fingerprint density at radius 1 is 0.740 bits per heavy atom. The van der Waals surface area contributed by atoms with Gasteiger partial charge in [-0.2, -0.15) is 0 Å². The lowest BCUT2D eigenvalue weighted by Crippen LogP contribution is -2.58. The maximum absolute atomic E-state index is 14.5. The molecule has 3 aromatic rings. The summed E-state index contributed by atoms with van der Waals surface area (Å²) in [7, 11) is 3.53. The zero-order chi connectivity index (χ0) is 52.5. The van der Waals surface area contributed by atoms with E-state index in [4.69, 9.17) is 21.7 Å². The van der Waals surface area contributed by atoms with Crippen LogP contribution >= 0.6 is 35.7 Å². The van der Waals surface area contributed by atoms with Crippen LogP contribution in [0.15, 0.2) is 66.9 Å². The average molecular weight is 1060 g/mol. The van der Waals surface area contributed by atoms with E-state index in [1.165, 1.54) is 0 Å². The van der Waals surface area contributed by atoms with Crippen molar-refractivity contribution in [3.05, 3.63) is 83.7 Å². The number of carbonyl (C=O) groups excluding carboxylic acids is 5. The minimum Gasteiger partial charge on any atom is -0.379 e. The van der Waals surface area contributed by atoms with Crippen LogP contribution in [-0.2, 0) is 46.6 Å². The van der Waals surface area contributed by atoms with Crippen molar-refractivity contribution in [2.75, 3.05) is 45.4 Å². The van der Waals surface area contributed by atoms with E-state index in [2.05, 4.69) is 56.1 Å². The quantitative estimate of drug-likeness (QED) is 0.0619. The Balaban J connectivity index is 0.920. The van der Waals surface area contributed by atoms with Gasteiger partial charge in [-0.3, -0.25) is 28.7 Å². The average Bonchev–Trinajstić information content (AvgIpc) is 3.96. The van der Waals surface area contributed by atoms with Crippen molar-refractivity contribution in [3.8, 4) is 0 Å². The van der Waals surface area contributed by atoms with Gasteiger partial charge in [0.1, 0.15) is 29.9 Å². The summed E-state index contributed by atoms with van der Waals surface area (Å²) in [5.41, 5.74) is 1.39. The molecule has 4 aliphatic heterocycles. The van der Waals surface area contributed by atoms with Crippen LogP contribution in [-0.4, -0.2) is 152 Å². The molecule has 2 aromatic carbocycles. The number of nitrogens with one attached hydrogen (secondary N) is 6. The molecule has 0 bridgehead atoms. The van der Waals surface area contributed by atoms with Gasteiger partial charge in [-0.1, -0.05) is 106 Å². The van der Waals surface area contributed by atoms with Crippen LogP contribution in [0.1, 0.15) is 103 Å². The molecule has 0 aliphatic carbocycles. The highest BCUT2D eigenvalue weighted by Gasteiger charge is 2.56. The van der Waals surface area contributed by atoms with Crippen molar-refractivity contribution in [2.24, 2.45) is 10.8 Å². The molecule has 0 spiro atoms. The Morgan fingerprint density at radius 3 is 1.74 bits per heavy atom. The molecule has 5 heterocycles. The third-order valence-corrected chi connectivity index (χ3v) is 17.5. The Morgan fingerprint density at radius 2 is 1.23 bits per heavy atom. The molecule has 1 aromatic heterocycles. The summed E-state index contributed by atoms with van der Waals surface area (Å²) >= 11 is 8.99. The van der Waals surface area contributed by atoms with E-state index in [1.807, 2.05) is 94.7 Å². The summed E-state index contributed by atoms with van der Waals surface area (Å²) in [6, 6.07) is 15.1. The van der Waals surface area contributed by atoms with E-state index >= 15 is 0 Å². The van der Waals surface area contributed by atoms with E-state index in [0.717, 1.165) is 16.9 Å². The number of fused-ring (bicyclic) bond motifs is 2. The number of rotatable bonds is 22. The Labute approximate surface area is 444 Å². The van der Waals surface area contributed by atoms with Crippen LogP contribution in [0.5, 0.6) is 0 Å². The molecule has 5 amide bonds. The van der Waals surface area contributed by atoms with Gasteiger partial charge in [0.15, 0.2) is 0 Å². The van der Waals surface area contributed by atoms with Crippen molar-refractivity contribution in [1.29, 1.82) is 0 Å². The number of likely N-dealkylation sites (N-methyl/N-ethyl adjacent to an activating group) is 2. The van der Waals surface area contributed by atoms with Gasteiger partial charge in [0, 0.05) is 13.2 Å². The van der Waals surface area contributed by atoms with Crippen molar-refractivity contribution in [2.45, 2.75) is 146 Å². The van der Waals surface area contributed by atoms with E-state index in [1.54, 1.807) is 52.0 Å². The lowest BCUT2D eigenvalue weighted by atomic mass is 9.83. The summed E-state index contributed by atoms with van der Waals surface area (Å²) in [6.07, 6.45) is 4.90. The minimum absolute atomic E-state index is 0.0982. The van der Waals surface area contributed by atoms with Gasteiger partial charge in [0.25, 0.3) is 0 Å². The molecule has 398 valence electrons. The first-order valence-corrected chi connectivity index (χ1v) is 28.0. The first-order chi connectivity index (χ1) is 34.9. The monoisotopic (exact) mass is 1060 g/mol. The van der Waals surface area contributed by atoms with Gasteiger partial charge in [0.05, 0.1) is 65.9 Å². The Bertz CT molecular complexity index is 2380. The van der Waals surface area contributed by atoms with Gasteiger partial charge in [-0.05, 0) is 93.5 Å². The zero-order valence-corrected chi connectivity index (χ0v) is 45.9. The molecule has 21 heteroatoms.